The van der Waals surface area contributed by atoms with Crippen LogP contribution in [0.5, 0.6) is 5.75 Å². The third-order valence-electron chi connectivity index (χ3n) is 6.91. The smallest absolute Gasteiger partial charge is 0.122 e. The number of halogens is 2. The van der Waals surface area contributed by atoms with Crippen molar-refractivity contribution in [2.45, 2.75) is 44.1 Å². The van der Waals surface area contributed by atoms with E-state index >= 15 is 0 Å². The van der Waals surface area contributed by atoms with Gasteiger partial charge in [0.15, 0.2) is 0 Å². The topological polar surface area (TPSA) is 39.5 Å². The maximum absolute atomic E-state index is 9.21. The van der Waals surface area contributed by atoms with Crippen LogP contribution in [0.1, 0.15) is 49.1 Å². The number of ether oxygens (including phenoxy) is 1. The molecule has 1 saturated heterocycles. The van der Waals surface area contributed by atoms with Crippen molar-refractivity contribution in [3.63, 3.8) is 0 Å². The second kappa shape index (κ2) is 10.2. The second-order valence-electron chi connectivity index (χ2n) is 8.73. The van der Waals surface area contributed by atoms with Gasteiger partial charge in [0.25, 0.3) is 0 Å². The molecule has 156 valence electrons. The molecule has 2 atom stereocenters. The molecule has 6 heteroatoms. The molecule has 1 aromatic rings. The number of nitriles is 1. The van der Waals surface area contributed by atoms with Gasteiger partial charge < -0.3 is 14.5 Å². The van der Waals surface area contributed by atoms with Gasteiger partial charge in [0.05, 0.1) is 18.2 Å². The Bertz CT molecular complexity index is 683. The summed E-state index contributed by atoms with van der Waals surface area (Å²) in [5.41, 5.74) is 2.01. The predicted octanol–water partition coefficient (Wildman–Crippen LogP) is 4.32. The van der Waals surface area contributed by atoms with Crippen LogP contribution in [0.2, 0.25) is 0 Å². The highest BCUT2D eigenvalue weighted by Gasteiger charge is 2.38. The van der Waals surface area contributed by atoms with E-state index < -0.39 is 0 Å². The fourth-order valence-electron chi connectivity index (χ4n) is 5.22. The Kier molecular flexibility index (Phi) is 8.45. The summed E-state index contributed by atoms with van der Waals surface area (Å²) in [6.07, 6.45) is 6.84. The average molecular weight is 426 g/mol. The van der Waals surface area contributed by atoms with Crippen molar-refractivity contribution in [2.75, 3.05) is 40.3 Å². The molecular formula is C22H33Cl2N3O. The zero-order valence-electron chi connectivity index (χ0n) is 17.0. The first kappa shape index (κ1) is 23.3. The summed E-state index contributed by atoms with van der Waals surface area (Å²) in [6, 6.07) is 8.98. The van der Waals surface area contributed by atoms with Crippen molar-refractivity contribution in [2.24, 2.45) is 11.8 Å². The van der Waals surface area contributed by atoms with E-state index in [-0.39, 0.29) is 24.8 Å². The molecule has 0 spiro atoms. The molecule has 2 fully saturated rings. The Morgan fingerprint density at radius 3 is 2.57 bits per heavy atom. The molecule has 0 unspecified atom stereocenters. The van der Waals surface area contributed by atoms with Crippen LogP contribution in [-0.4, -0.2) is 56.2 Å². The van der Waals surface area contributed by atoms with Gasteiger partial charge in [-0.3, -0.25) is 0 Å². The van der Waals surface area contributed by atoms with Gasteiger partial charge >= 0.3 is 0 Å². The molecule has 4 nitrogen and oxygen atoms in total. The largest absolute Gasteiger partial charge is 0.493 e. The number of benzene rings is 1. The molecular weight excluding hydrogens is 393 g/mol. The van der Waals surface area contributed by atoms with Crippen LogP contribution in [0, 0.1) is 23.2 Å². The first-order valence-electron chi connectivity index (χ1n) is 10.2. The van der Waals surface area contributed by atoms with E-state index in [9.17, 15) is 5.26 Å². The highest BCUT2D eigenvalue weighted by molar-refractivity contribution is 5.85. The molecule has 1 aliphatic carbocycles. The predicted molar refractivity (Wildman–Crippen MR) is 118 cm³/mol. The van der Waals surface area contributed by atoms with Crippen LogP contribution in [0.25, 0.3) is 0 Å². The van der Waals surface area contributed by atoms with Crippen LogP contribution in [-0.2, 0) is 0 Å². The van der Waals surface area contributed by atoms with Crippen LogP contribution in [0.15, 0.2) is 18.2 Å². The molecule has 2 heterocycles. The molecule has 4 rings (SSSR count). The standard InChI is InChI=1S/C22H31N3O.2ClH/c1-24(2)19-6-3-16(4-7-19)9-10-25-13-18-15-26-22-8-5-17(12-23)11-20(22)21(18)14-25;;/h5,8,11,16,18-19,21H,3-4,6-7,9-10,13-15H2,1-2H3;2*1H/t16?,18-,19?,21+;;/m0../s1. The molecule has 28 heavy (non-hydrogen) atoms. The molecule has 0 amide bonds. The van der Waals surface area contributed by atoms with E-state index in [1.807, 2.05) is 12.1 Å². The maximum atomic E-state index is 9.21. The fraction of sp³-hybridized carbons (Fsp3) is 0.682. The van der Waals surface area contributed by atoms with Crippen molar-refractivity contribution >= 4 is 24.8 Å². The van der Waals surface area contributed by atoms with E-state index in [1.165, 1.54) is 44.2 Å². The first-order valence-corrected chi connectivity index (χ1v) is 10.2. The fourth-order valence-corrected chi connectivity index (χ4v) is 5.22. The Hall–Kier alpha value is -0.990. The van der Waals surface area contributed by atoms with Gasteiger partial charge in [-0.1, -0.05) is 0 Å². The van der Waals surface area contributed by atoms with Crippen molar-refractivity contribution < 1.29 is 4.74 Å². The normalized spacial score (nSPS) is 28.9. The SMILES string of the molecule is CN(C)C1CCC(CCN2C[C@H]3COc4ccc(C#N)cc4[C@@H]3C2)CC1.Cl.Cl. The Morgan fingerprint density at radius 2 is 1.89 bits per heavy atom. The van der Waals surface area contributed by atoms with Crippen LogP contribution in [0.4, 0.5) is 0 Å². The van der Waals surface area contributed by atoms with Crippen molar-refractivity contribution in [1.29, 1.82) is 5.26 Å². The lowest BCUT2D eigenvalue weighted by molar-refractivity contribution is 0.176. The third kappa shape index (κ3) is 4.94. The Balaban J connectivity index is 0.00000140. The number of fused-ring (bicyclic) bond motifs is 3. The van der Waals surface area contributed by atoms with Gasteiger partial charge in [-0.15, -0.1) is 24.8 Å². The number of nitrogens with zero attached hydrogens (tertiary/aromatic N) is 3. The summed E-state index contributed by atoms with van der Waals surface area (Å²) < 4.78 is 5.97. The van der Waals surface area contributed by atoms with Crippen LogP contribution >= 0.6 is 24.8 Å². The maximum Gasteiger partial charge on any atom is 0.122 e. The molecule has 1 aromatic carbocycles. The van der Waals surface area contributed by atoms with Gasteiger partial charge in [0.1, 0.15) is 5.75 Å². The summed E-state index contributed by atoms with van der Waals surface area (Å²) >= 11 is 0. The zero-order valence-corrected chi connectivity index (χ0v) is 18.6. The summed E-state index contributed by atoms with van der Waals surface area (Å²) in [4.78, 5) is 5.04. The lowest BCUT2D eigenvalue weighted by atomic mass is 9.83. The van der Waals surface area contributed by atoms with Gasteiger partial charge in [0, 0.05) is 36.5 Å². The highest BCUT2D eigenvalue weighted by atomic mass is 35.5. The minimum atomic E-state index is 0. The van der Waals surface area contributed by atoms with E-state index in [0.29, 0.717) is 11.8 Å². The molecule has 0 radical (unpaired) electrons. The molecule has 0 N–H and O–H groups in total. The van der Waals surface area contributed by atoms with Gasteiger partial charge in [0.2, 0.25) is 0 Å². The lowest BCUT2D eigenvalue weighted by Crippen LogP contribution is -2.33. The molecule has 1 saturated carbocycles. The van der Waals surface area contributed by atoms with Crippen molar-refractivity contribution in [1.82, 2.24) is 9.80 Å². The zero-order chi connectivity index (χ0) is 18.1. The Morgan fingerprint density at radius 1 is 1.14 bits per heavy atom. The molecule has 3 aliphatic rings. The van der Waals surface area contributed by atoms with Gasteiger partial charge in [-0.05, 0) is 76.9 Å². The summed E-state index contributed by atoms with van der Waals surface area (Å²) in [5, 5.41) is 9.21. The summed E-state index contributed by atoms with van der Waals surface area (Å²) in [5.74, 6) is 3.02. The number of rotatable bonds is 4. The van der Waals surface area contributed by atoms with Crippen LogP contribution in [0.3, 0.4) is 0 Å². The van der Waals surface area contributed by atoms with E-state index in [0.717, 1.165) is 43.0 Å². The van der Waals surface area contributed by atoms with Gasteiger partial charge in [-0.2, -0.15) is 5.26 Å². The molecule has 0 aromatic heterocycles. The molecule has 0 bridgehead atoms. The van der Waals surface area contributed by atoms with Crippen molar-refractivity contribution in [3.05, 3.63) is 29.3 Å². The first-order chi connectivity index (χ1) is 12.6. The number of hydrogen-bond donors (Lipinski definition) is 0. The molecule has 2 aliphatic heterocycles. The van der Waals surface area contributed by atoms with Crippen molar-refractivity contribution in [3.8, 4) is 11.8 Å². The minimum Gasteiger partial charge on any atom is -0.493 e. The average Bonchev–Trinajstić information content (AvgIpc) is 3.10. The van der Waals surface area contributed by atoms with E-state index in [2.05, 4.69) is 36.0 Å². The van der Waals surface area contributed by atoms with Gasteiger partial charge in [-0.25, -0.2) is 0 Å². The lowest BCUT2D eigenvalue weighted by Gasteiger charge is -2.33. The number of likely N-dealkylation sites (tertiary alicyclic amines) is 1. The summed E-state index contributed by atoms with van der Waals surface area (Å²) in [6.45, 7) is 4.32. The van der Waals surface area contributed by atoms with Crippen LogP contribution < -0.4 is 4.74 Å². The third-order valence-corrected chi connectivity index (χ3v) is 6.91. The quantitative estimate of drug-likeness (QED) is 0.719. The monoisotopic (exact) mass is 425 g/mol. The summed E-state index contributed by atoms with van der Waals surface area (Å²) in [7, 11) is 4.43. The highest BCUT2D eigenvalue weighted by Crippen LogP contribution is 2.42. The second-order valence-corrected chi connectivity index (χ2v) is 8.73. The van der Waals surface area contributed by atoms with E-state index in [4.69, 9.17) is 4.74 Å². The van der Waals surface area contributed by atoms with E-state index in [1.54, 1.807) is 0 Å². The Labute approximate surface area is 182 Å². The minimum absolute atomic E-state index is 0. The number of hydrogen-bond acceptors (Lipinski definition) is 4.